The van der Waals surface area contributed by atoms with Gasteiger partial charge in [-0.3, -0.25) is 0 Å². The van der Waals surface area contributed by atoms with E-state index >= 15 is 0 Å². The lowest BCUT2D eigenvalue weighted by molar-refractivity contribution is 0.0659. The molecule has 2 heteroatoms. The zero-order chi connectivity index (χ0) is 11.4. The molecule has 0 N–H and O–H groups in total. The smallest absolute Gasteiger partial charge is 0.0158 e. The van der Waals surface area contributed by atoms with Gasteiger partial charge in [-0.15, -0.1) is 0 Å². The molecule has 15 heavy (non-hydrogen) atoms. The van der Waals surface area contributed by atoms with Crippen LogP contribution in [0, 0.1) is 11.8 Å². The number of likely N-dealkylation sites (tertiary alicyclic amines) is 1. The lowest BCUT2D eigenvalue weighted by Crippen LogP contribution is -2.48. The van der Waals surface area contributed by atoms with Gasteiger partial charge in [-0.05, 0) is 52.4 Å². The van der Waals surface area contributed by atoms with Crippen LogP contribution in [0.15, 0.2) is 0 Å². The second-order valence-corrected chi connectivity index (χ2v) is 5.52. The Morgan fingerprint density at radius 2 is 2.07 bits per heavy atom. The highest BCUT2D eigenvalue weighted by molar-refractivity contribution is 4.86. The van der Waals surface area contributed by atoms with Gasteiger partial charge < -0.3 is 9.80 Å². The van der Waals surface area contributed by atoms with Gasteiger partial charge in [-0.2, -0.15) is 0 Å². The minimum Gasteiger partial charge on any atom is -0.309 e. The topological polar surface area (TPSA) is 6.48 Å². The molecule has 2 nitrogen and oxygen atoms in total. The van der Waals surface area contributed by atoms with Crippen LogP contribution in [-0.2, 0) is 0 Å². The number of hydrogen-bond acceptors (Lipinski definition) is 2. The first-order chi connectivity index (χ1) is 7.06. The molecule has 0 amide bonds. The maximum absolute atomic E-state index is 2.59. The highest BCUT2D eigenvalue weighted by atomic mass is 15.2. The molecule has 1 aliphatic rings. The summed E-state index contributed by atoms with van der Waals surface area (Å²) in [6.07, 6.45) is 4.10. The molecule has 1 fully saturated rings. The third-order valence-corrected chi connectivity index (χ3v) is 3.87. The average molecular weight is 212 g/mol. The quantitative estimate of drug-likeness (QED) is 0.705. The largest absolute Gasteiger partial charge is 0.309 e. The second-order valence-electron chi connectivity index (χ2n) is 5.52. The van der Waals surface area contributed by atoms with Gasteiger partial charge in [0.2, 0.25) is 0 Å². The molecule has 1 saturated heterocycles. The molecular weight excluding hydrogens is 184 g/mol. The van der Waals surface area contributed by atoms with Crippen molar-refractivity contribution >= 4 is 0 Å². The molecule has 1 aliphatic heterocycles. The zero-order valence-electron chi connectivity index (χ0n) is 11.2. The van der Waals surface area contributed by atoms with Crippen molar-refractivity contribution in [1.29, 1.82) is 0 Å². The van der Waals surface area contributed by atoms with Crippen molar-refractivity contribution < 1.29 is 0 Å². The van der Waals surface area contributed by atoms with Gasteiger partial charge >= 0.3 is 0 Å². The van der Waals surface area contributed by atoms with E-state index in [2.05, 4.69) is 44.8 Å². The monoisotopic (exact) mass is 212 g/mol. The normalized spacial score (nSPS) is 30.8. The summed E-state index contributed by atoms with van der Waals surface area (Å²) in [7, 11) is 6.69. The van der Waals surface area contributed by atoms with E-state index in [1.165, 1.54) is 32.4 Å². The van der Waals surface area contributed by atoms with Gasteiger partial charge in [-0.25, -0.2) is 0 Å². The number of rotatable bonds is 4. The summed E-state index contributed by atoms with van der Waals surface area (Å²) in [6.45, 7) is 7.29. The van der Waals surface area contributed by atoms with Crippen LogP contribution >= 0.6 is 0 Å². The number of nitrogens with zero attached hydrogens (tertiary/aromatic N) is 2. The summed E-state index contributed by atoms with van der Waals surface area (Å²) in [5.74, 6) is 1.70. The Bertz CT molecular complexity index is 169. The molecule has 0 aromatic carbocycles. The van der Waals surface area contributed by atoms with Crippen LogP contribution in [0.2, 0.25) is 0 Å². The van der Waals surface area contributed by atoms with Gasteiger partial charge in [0.05, 0.1) is 0 Å². The molecule has 1 rings (SSSR count). The molecule has 0 radical (unpaired) electrons. The van der Waals surface area contributed by atoms with Crippen molar-refractivity contribution in [2.24, 2.45) is 11.8 Å². The lowest BCUT2D eigenvalue weighted by Gasteiger charge is -2.43. The van der Waals surface area contributed by atoms with Crippen molar-refractivity contribution in [3.8, 4) is 0 Å². The molecule has 0 aliphatic carbocycles. The molecule has 0 spiro atoms. The van der Waals surface area contributed by atoms with Gasteiger partial charge in [0.1, 0.15) is 0 Å². The SMILES string of the molecule is CCC(CN(C)C)C1C(C)CCCN1C. The van der Waals surface area contributed by atoms with E-state index in [-0.39, 0.29) is 0 Å². The Hall–Kier alpha value is -0.0800. The minimum absolute atomic E-state index is 0.797. The van der Waals surface area contributed by atoms with Crippen molar-refractivity contribution in [2.75, 3.05) is 34.2 Å². The summed E-state index contributed by atoms with van der Waals surface area (Å²) in [5.41, 5.74) is 0. The van der Waals surface area contributed by atoms with Crippen LogP contribution < -0.4 is 0 Å². The van der Waals surface area contributed by atoms with Crippen LogP contribution in [0.1, 0.15) is 33.1 Å². The second kappa shape index (κ2) is 5.86. The summed E-state index contributed by atoms with van der Waals surface area (Å²) < 4.78 is 0. The predicted octanol–water partition coefficient (Wildman–Crippen LogP) is 2.30. The fraction of sp³-hybridized carbons (Fsp3) is 1.00. The fourth-order valence-electron chi connectivity index (χ4n) is 3.19. The molecule has 0 aromatic rings. The van der Waals surface area contributed by atoms with Crippen LogP contribution in [-0.4, -0.2) is 50.1 Å². The molecule has 0 saturated carbocycles. The van der Waals surface area contributed by atoms with Gasteiger partial charge in [0.15, 0.2) is 0 Å². The maximum atomic E-state index is 2.59. The van der Waals surface area contributed by atoms with E-state index in [9.17, 15) is 0 Å². The standard InChI is InChI=1S/C13H28N2/c1-6-12(10-14(3)4)13-11(2)8-7-9-15(13)5/h11-13H,6-10H2,1-5H3. The summed E-state index contributed by atoms with van der Waals surface area (Å²) >= 11 is 0. The van der Waals surface area contributed by atoms with Crippen molar-refractivity contribution in [2.45, 2.75) is 39.2 Å². The first-order valence-corrected chi connectivity index (χ1v) is 6.41. The van der Waals surface area contributed by atoms with E-state index in [1.54, 1.807) is 0 Å². The Labute approximate surface area is 95.6 Å². The summed E-state index contributed by atoms with van der Waals surface area (Å²) in [4.78, 5) is 4.93. The number of piperidine rings is 1. The first kappa shape index (κ1) is 13.0. The van der Waals surface area contributed by atoms with Crippen molar-refractivity contribution in [3.05, 3.63) is 0 Å². The summed E-state index contributed by atoms with van der Waals surface area (Å²) in [5, 5.41) is 0. The van der Waals surface area contributed by atoms with E-state index in [0.717, 1.165) is 17.9 Å². The van der Waals surface area contributed by atoms with Crippen molar-refractivity contribution in [1.82, 2.24) is 9.80 Å². The maximum Gasteiger partial charge on any atom is 0.0158 e. The molecule has 3 unspecified atom stereocenters. The molecule has 3 atom stereocenters. The third-order valence-electron chi connectivity index (χ3n) is 3.87. The Morgan fingerprint density at radius 3 is 2.53 bits per heavy atom. The van der Waals surface area contributed by atoms with E-state index < -0.39 is 0 Å². The average Bonchev–Trinajstić information content (AvgIpc) is 2.15. The van der Waals surface area contributed by atoms with Gasteiger partial charge in [-0.1, -0.05) is 20.3 Å². The third kappa shape index (κ3) is 3.46. The summed E-state index contributed by atoms with van der Waals surface area (Å²) in [6, 6.07) is 0.797. The zero-order valence-corrected chi connectivity index (χ0v) is 11.2. The molecule has 0 aromatic heterocycles. The van der Waals surface area contributed by atoms with Crippen LogP contribution in [0.4, 0.5) is 0 Å². The van der Waals surface area contributed by atoms with Crippen LogP contribution in [0.3, 0.4) is 0 Å². The Morgan fingerprint density at radius 1 is 1.40 bits per heavy atom. The van der Waals surface area contributed by atoms with E-state index in [1.807, 2.05) is 0 Å². The predicted molar refractivity (Wildman–Crippen MR) is 67.2 cm³/mol. The highest BCUT2D eigenvalue weighted by Gasteiger charge is 2.31. The number of hydrogen-bond donors (Lipinski definition) is 0. The van der Waals surface area contributed by atoms with E-state index in [0.29, 0.717) is 0 Å². The van der Waals surface area contributed by atoms with Crippen LogP contribution in [0.5, 0.6) is 0 Å². The molecule has 90 valence electrons. The fourth-order valence-corrected chi connectivity index (χ4v) is 3.19. The Kier molecular flexibility index (Phi) is 5.07. The molecule has 0 bridgehead atoms. The van der Waals surface area contributed by atoms with E-state index in [4.69, 9.17) is 0 Å². The molecular formula is C13H28N2. The minimum atomic E-state index is 0.797. The molecule has 1 heterocycles. The van der Waals surface area contributed by atoms with Gasteiger partial charge in [0.25, 0.3) is 0 Å². The van der Waals surface area contributed by atoms with Gasteiger partial charge in [0, 0.05) is 12.6 Å². The van der Waals surface area contributed by atoms with Crippen molar-refractivity contribution in [3.63, 3.8) is 0 Å². The highest BCUT2D eigenvalue weighted by Crippen LogP contribution is 2.29. The van der Waals surface area contributed by atoms with Crippen LogP contribution in [0.25, 0.3) is 0 Å². The Balaban J connectivity index is 2.62. The first-order valence-electron chi connectivity index (χ1n) is 6.41. The lowest BCUT2D eigenvalue weighted by atomic mass is 9.81.